The molecule has 152 valence electrons. The average Bonchev–Trinajstić information content (AvgIpc) is 2.70. The maximum atomic E-state index is 13.8. The van der Waals surface area contributed by atoms with Crippen LogP contribution in [0.25, 0.3) is 0 Å². The van der Waals surface area contributed by atoms with Gasteiger partial charge in [0, 0.05) is 50.2 Å². The van der Waals surface area contributed by atoms with E-state index >= 15 is 0 Å². The number of carbonyl (C=O) groups is 2. The third kappa shape index (κ3) is 3.69. The molecule has 0 spiro atoms. The topological polar surface area (TPSA) is 71.4 Å². The number of nitrogens with zero attached hydrogens (tertiary/aromatic N) is 2. The number of fused-ring (bicyclic) bond motifs is 4. The molecule has 2 amide bonds. The molecule has 4 rings (SSSR count). The van der Waals surface area contributed by atoms with Gasteiger partial charge in [0.1, 0.15) is 11.9 Å². The van der Waals surface area contributed by atoms with Crippen LogP contribution in [0.5, 0.6) is 0 Å². The van der Waals surface area contributed by atoms with E-state index < -0.39 is 6.04 Å². The van der Waals surface area contributed by atoms with Crippen LogP contribution in [-0.2, 0) is 16.0 Å². The van der Waals surface area contributed by atoms with Gasteiger partial charge in [0.05, 0.1) is 0 Å². The van der Waals surface area contributed by atoms with Crippen molar-refractivity contribution in [1.29, 1.82) is 0 Å². The second kappa shape index (κ2) is 7.81. The van der Waals surface area contributed by atoms with E-state index in [9.17, 15) is 18.8 Å². The number of hydrogen-bond acceptors (Lipinski definition) is 3. The van der Waals surface area contributed by atoms with E-state index in [4.69, 9.17) is 0 Å². The Morgan fingerprint density at radius 2 is 1.93 bits per heavy atom. The summed E-state index contributed by atoms with van der Waals surface area (Å²) in [4.78, 5) is 39.4. The van der Waals surface area contributed by atoms with E-state index in [2.05, 4.69) is 5.32 Å². The maximum Gasteiger partial charge on any atom is 0.251 e. The first kappa shape index (κ1) is 19.4. The zero-order chi connectivity index (χ0) is 20.5. The van der Waals surface area contributed by atoms with Gasteiger partial charge >= 0.3 is 0 Å². The minimum Gasteiger partial charge on any atom is -0.354 e. The molecule has 3 atom stereocenters. The summed E-state index contributed by atoms with van der Waals surface area (Å²) >= 11 is 0. The Labute approximate surface area is 168 Å². The zero-order valence-corrected chi connectivity index (χ0v) is 16.3. The summed E-state index contributed by atoms with van der Waals surface area (Å²) in [5.74, 6) is -0.657. The molecule has 1 saturated heterocycles. The van der Waals surface area contributed by atoms with E-state index in [1.54, 1.807) is 33.7 Å². The van der Waals surface area contributed by atoms with Crippen LogP contribution in [0.3, 0.4) is 0 Å². The van der Waals surface area contributed by atoms with Crippen LogP contribution in [0.15, 0.2) is 47.3 Å². The largest absolute Gasteiger partial charge is 0.354 e. The van der Waals surface area contributed by atoms with E-state index in [1.165, 1.54) is 19.1 Å². The fourth-order valence-electron chi connectivity index (χ4n) is 4.65. The van der Waals surface area contributed by atoms with Gasteiger partial charge in [-0.2, -0.15) is 0 Å². The first-order valence-electron chi connectivity index (χ1n) is 9.93. The van der Waals surface area contributed by atoms with Crippen molar-refractivity contribution in [3.8, 4) is 0 Å². The molecule has 2 aromatic rings. The van der Waals surface area contributed by atoms with Crippen LogP contribution in [-0.4, -0.2) is 40.9 Å². The van der Waals surface area contributed by atoms with Gasteiger partial charge in [-0.1, -0.05) is 24.3 Å². The molecule has 0 unspecified atom stereocenters. The molecular weight excluding hydrogens is 373 g/mol. The number of aromatic nitrogens is 1. The molecule has 0 saturated carbocycles. The van der Waals surface area contributed by atoms with Gasteiger partial charge in [-0.25, -0.2) is 4.39 Å². The number of carbonyl (C=O) groups excluding carboxylic acids is 2. The number of halogens is 1. The molecule has 3 heterocycles. The summed E-state index contributed by atoms with van der Waals surface area (Å²) < 4.78 is 15.4. The first-order chi connectivity index (χ1) is 14.0. The number of piperidine rings is 1. The number of pyridine rings is 1. The van der Waals surface area contributed by atoms with E-state index in [-0.39, 0.29) is 41.6 Å². The molecule has 1 aromatic heterocycles. The molecule has 1 fully saturated rings. The highest BCUT2D eigenvalue weighted by Crippen LogP contribution is 2.41. The third-order valence-electron chi connectivity index (χ3n) is 6.01. The SMILES string of the molecule is CC(=O)N1C[C@H]2C[C@@H](C1)[C@H](C(=O)NCCc1ccccc1F)n1c2cccc1=O. The third-order valence-corrected chi connectivity index (χ3v) is 6.01. The summed E-state index contributed by atoms with van der Waals surface area (Å²) in [5.41, 5.74) is 1.13. The first-order valence-corrected chi connectivity index (χ1v) is 9.93. The predicted molar refractivity (Wildman–Crippen MR) is 106 cm³/mol. The zero-order valence-electron chi connectivity index (χ0n) is 16.3. The lowest BCUT2D eigenvalue weighted by atomic mass is 9.78. The Morgan fingerprint density at radius 1 is 1.14 bits per heavy atom. The van der Waals surface area contributed by atoms with Gasteiger partial charge in [-0.15, -0.1) is 0 Å². The van der Waals surface area contributed by atoms with Crippen LogP contribution in [0.4, 0.5) is 4.39 Å². The molecule has 6 nitrogen and oxygen atoms in total. The van der Waals surface area contributed by atoms with Gasteiger partial charge in [-0.05, 0) is 30.5 Å². The number of amides is 2. The van der Waals surface area contributed by atoms with Crippen molar-refractivity contribution < 1.29 is 14.0 Å². The van der Waals surface area contributed by atoms with Crippen molar-refractivity contribution in [3.63, 3.8) is 0 Å². The van der Waals surface area contributed by atoms with Crippen LogP contribution in [0, 0.1) is 11.7 Å². The van der Waals surface area contributed by atoms with Crippen molar-refractivity contribution in [2.24, 2.45) is 5.92 Å². The lowest BCUT2D eigenvalue weighted by Crippen LogP contribution is -2.54. The Hall–Kier alpha value is -2.96. The van der Waals surface area contributed by atoms with Crippen molar-refractivity contribution in [3.05, 3.63) is 69.9 Å². The Bertz CT molecular complexity index is 1000. The maximum absolute atomic E-state index is 13.8. The number of hydrogen-bond donors (Lipinski definition) is 1. The van der Waals surface area contributed by atoms with Gasteiger partial charge in [0.25, 0.3) is 5.56 Å². The van der Waals surface area contributed by atoms with Crippen molar-refractivity contribution in [1.82, 2.24) is 14.8 Å². The van der Waals surface area contributed by atoms with Crippen LogP contribution in [0.2, 0.25) is 0 Å². The van der Waals surface area contributed by atoms with Crippen LogP contribution >= 0.6 is 0 Å². The normalized spacial score (nSPS) is 22.7. The van der Waals surface area contributed by atoms with Gasteiger partial charge in [0.15, 0.2) is 0 Å². The Kier molecular flexibility index (Phi) is 5.22. The highest BCUT2D eigenvalue weighted by molar-refractivity contribution is 5.81. The van der Waals surface area contributed by atoms with E-state index in [1.807, 2.05) is 6.07 Å². The Balaban J connectivity index is 1.57. The van der Waals surface area contributed by atoms with Gasteiger partial charge in [-0.3, -0.25) is 19.0 Å². The molecule has 2 bridgehead atoms. The lowest BCUT2D eigenvalue weighted by molar-refractivity contribution is -0.135. The summed E-state index contributed by atoms with van der Waals surface area (Å²) in [6, 6.07) is 10.8. The molecule has 2 aliphatic rings. The summed E-state index contributed by atoms with van der Waals surface area (Å²) in [6.45, 7) is 2.83. The minimum atomic E-state index is -0.669. The van der Waals surface area contributed by atoms with Gasteiger partial charge < -0.3 is 10.2 Å². The fourth-order valence-corrected chi connectivity index (χ4v) is 4.65. The molecule has 0 radical (unpaired) electrons. The summed E-state index contributed by atoms with van der Waals surface area (Å²) in [5, 5.41) is 2.87. The molecule has 0 aliphatic carbocycles. The van der Waals surface area contributed by atoms with Gasteiger partial charge in [0.2, 0.25) is 11.8 Å². The van der Waals surface area contributed by atoms with Crippen LogP contribution < -0.4 is 10.9 Å². The Morgan fingerprint density at radius 3 is 2.69 bits per heavy atom. The number of nitrogens with one attached hydrogen (secondary N) is 1. The van der Waals surface area contributed by atoms with Crippen molar-refractivity contribution in [2.45, 2.75) is 31.7 Å². The van der Waals surface area contributed by atoms with Crippen molar-refractivity contribution in [2.75, 3.05) is 19.6 Å². The van der Waals surface area contributed by atoms with Crippen LogP contribution in [0.1, 0.15) is 36.6 Å². The summed E-state index contributed by atoms with van der Waals surface area (Å²) in [6.07, 6.45) is 1.13. The highest BCUT2D eigenvalue weighted by Gasteiger charge is 2.44. The minimum absolute atomic E-state index is 0.0230. The summed E-state index contributed by atoms with van der Waals surface area (Å²) in [7, 11) is 0. The second-order valence-corrected chi connectivity index (χ2v) is 7.85. The molecule has 7 heteroatoms. The fraction of sp³-hybridized carbons (Fsp3) is 0.409. The smallest absolute Gasteiger partial charge is 0.251 e. The number of rotatable bonds is 4. The number of likely N-dealkylation sites (tertiary alicyclic amines) is 1. The molecule has 2 aliphatic heterocycles. The van der Waals surface area contributed by atoms with E-state index in [0.717, 1.165) is 12.1 Å². The number of benzene rings is 1. The monoisotopic (exact) mass is 397 g/mol. The quantitative estimate of drug-likeness (QED) is 0.856. The molecule has 1 N–H and O–H groups in total. The second-order valence-electron chi connectivity index (χ2n) is 7.85. The molecular formula is C22H24FN3O3. The molecule has 1 aromatic carbocycles. The molecule has 29 heavy (non-hydrogen) atoms. The highest BCUT2D eigenvalue weighted by atomic mass is 19.1. The van der Waals surface area contributed by atoms with Crippen molar-refractivity contribution >= 4 is 11.8 Å². The average molecular weight is 397 g/mol. The predicted octanol–water partition coefficient (Wildman–Crippen LogP) is 1.85. The van der Waals surface area contributed by atoms with E-state index in [0.29, 0.717) is 25.1 Å². The lowest BCUT2D eigenvalue weighted by Gasteiger charge is -2.46. The standard InChI is InChI=1S/C22H24FN3O3/c1-14(27)25-12-16-11-17(13-25)21(26-19(16)7-4-8-20(26)28)22(29)24-10-9-15-5-2-3-6-18(15)23/h2-8,16-17,21H,9-13H2,1H3,(H,24,29)/t16-,17+,21-/m1/s1.